The molecule has 23 heavy (non-hydrogen) atoms. The average molecular weight is 324 g/mol. The van der Waals surface area contributed by atoms with Crippen molar-refractivity contribution in [2.75, 3.05) is 17.7 Å². The molecule has 0 amide bonds. The first-order valence-electron chi connectivity index (χ1n) is 6.80. The molecule has 0 spiro atoms. The van der Waals surface area contributed by atoms with Crippen molar-refractivity contribution in [3.8, 4) is 0 Å². The second-order valence-corrected chi connectivity index (χ2v) is 5.16. The van der Waals surface area contributed by atoms with E-state index in [2.05, 4.69) is 20.4 Å². The standard InChI is InChI=1S/C12H16N6O5/c1-18-11-5(7(21)9(13)17-18)10(14-3-15-11)16-12-8(22)6(20)4(2-19)23-12/h3-4,6,8,12,19-20,22H,2H2,1H3,(H2,13,17)(H,14,15,16)/t4-,6-,8?,12+/m1/s1. The summed E-state index contributed by atoms with van der Waals surface area (Å²) in [7, 11) is 1.57. The highest BCUT2D eigenvalue weighted by molar-refractivity contribution is 5.87. The van der Waals surface area contributed by atoms with Crippen LogP contribution in [0.4, 0.5) is 11.6 Å². The zero-order valence-electron chi connectivity index (χ0n) is 12.1. The van der Waals surface area contributed by atoms with Crippen LogP contribution in [-0.4, -0.2) is 66.2 Å². The van der Waals surface area contributed by atoms with Crippen molar-refractivity contribution in [3.63, 3.8) is 0 Å². The van der Waals surface area contributed by atoms with Crippen LogP contribution in [0.1, 0.15) is 0 Å². The molecule has 3 rings (SSSR count). The van der Waals surface area contributed by atoms with E-state index in [-0.39, 0.29) is 22.7 Å². The fraction of sp³-hybridized carbons (Fsp3) is 0.500. The monoisotopic (exact) mass is 324 g/mol. The van der Waals surface area contributed by atoms with Crippen LogP contribution in [0.3, 0.4) is 0 Å². The normalized spacial score (nSPS) is 27.5. The van der Waals surface area contributed by atoms with Crippen molar-refractivity contribution in [2.45, 2.75) is 24.5 Å². The Bertz CT molecular complexity index is 795. The quantitative estimate of drug-likeness (QED) is 0.396. The molecule has 2 aromatic heterocycles. The Morgan fingerprint density at radius 2 is 2.13 bits per heavy atom. The number of nitrogen functional groups attached to an aromatic ring is 1. The van der Waals surface area contributed by atoms with E-state index in [9.17, 15) is 15.0 Å². The summed E-state index contributed by atoms with van der Waals surface area (Å²) in [5, 5.41) is 35.5. The lowest BCUT2D eigenvalue weighted by molar-refractivity contribution is -0.0153. The molecular formula is C12H16N6O5. The minimum atomic E-state index is -1.31. The molecule has 1 aliphatic heterocycles. The highest BCUT2D eigenvalue weighted by Gasteiger charge is 2.42. The molecule has 0 bridgehead atoms. The minimum Gasteiger partial charge on any atom is -0.394 e. The molecule has 1 saturated heterocycles. The highest BCUT2D eigenvalue weighted by Crippen LogP contribution is 2.24. The van der Waals surface area contributed by atoms with Gasteiger partial charge in [-0.15, -0.1) is 5.10 Å². The fourth-order valence-electron chi connectivity index (χ4n) is 2.48. The van der Waals surface area contributed by atoms with E-state index in [1.807, 2.05) is 0 Å². The maximum absolute atomic E-state index is 12.2. The van der Waals surface area contributed by atoms with Crippen LogP contribution < -0.4 is 16.5 Å². The smallest absolute Gasteiger partial charge is 0.237 e. The molecule has 11 nitrogen and oxygen atoms in total. The maximum Gasteiger partial charge on any atom is 0.237 e. The molecule has 1 fully saturated rings. The Labute approximate surface area is 129 Å². The Morgan fingerprint density at radius 1 is 1.39 bits per heavy atom. The van der Waals surface area contributed by atoms with E-state index in [0.29, 0.717) is 0 Å². The van der Waals surface area contributed by atoms with Gasteiger partial charge in [-0.25, -0.2) is 14.6 Å². The van der Waals surface area contributed by atoms with E-state index in [4.69, 9.17) is 15.6 Å². The van der Waals surface area contributed by atoms with Crippen molar-refractivity contribution in [1.82, 2.24) is 19.7 Å². The summed E-state index contributed by atoms with van der Waals surface area (Å²) >= 11 is 0. The third-order valence-corrected chi connectivity index (χ3v) is 3.67. The molecule has 4 atom stereocenters. The molecule has 0 saturated carbocycles. The summed E-state index contributed by atoms with van der Waals surface area (Å²) < 4.78 is 6.64. The van der Waals surface area contributed by atoms with E-state index < -0.39 is 36.6 Å². The first-order chi connectivity index (χ1) is 10.9. The first kappa shape index (κ1) is 15.6. The average Bonchev–Trinajstić information content (AvgIpc) is 2.80. The SMILES string of the molecule is Cn1nc(N)c(=O)c2c(N[C@H]3O[C@H](CO)[C@@H](O)C3O)ncnc21. The number of aryl methyl sites for hydroxylation is 1. The molecule has 124 valence electrons. The Balaban J connectivity index is 2.03. The van der Waals surface area contributed by atoms with Gasteiger partial charge in [0.1, 0.15) is 35.8 Å². The highest BCUT2D eigenvalue weighted by atomic mass is 16.6. The fourth-order valence-corrected chi connectivity index (χ4v) is 2.48. The predicted molar refractivity (Wildman–Crippen MR) is 78.4 cm³/mol. The number of aromatic nitrogens is 4. The topological polar surface area (TPSA) is 169 Å². The van der Waals surface area contributed by atoms with Crippen LogP contribution in [-0.2, 0) is 11.8 Å². The van der Waals surface area contributed by atoms with Gasteiger partial charge in [-0.2, -0.15) is 0 Å². The molecular weight excluding hydrogens is 308 g/mol. The number of aliphatic hydroxyl groups excluding tert-OH is 3. The van der Waals surface area contributed by atoms with E-state index >= 15 is 0 Å². The lowest BCUT2D eigenvalue weighted by atomic mass is 10.1. The van der Waals surface area contributed by atoms with Crippen LogP contribution in [0, 0.1) is 0 Å². The van der Waals surface area contributed by atoms with Gasteiger partial charge in [0.2, 0.25) is 5.43 Å². The Morgan fingerprint density at radius 3 is 2.78 bits per heavy atom. The van der Waals surface area contributed by atoms with Crippen molar-refractivity contribution >= 4 is 22.7 Å². The number of aliphatic hydroxyl groups is 3. The Kier molecular flexibility index (Phi) is 3.85. The largest absolute Gasteiger partial charge is 0.394 e. The van der Waals surface area contributed by atoms with Gasteiger partial charge in [0.05, 0.1) is 6.61 Å². The van der Waals surface area contributed by atoms with Crippen LogP contribution >= 0.6 is 0 Å². The molecule has 0 aliphatic carbocycles. The van der Waals surface area contributed by atoms with Crippen LogP contribution in [0.5, 0.6) is 0 Å². The number of rotatable bonds is 3. The molecule has 1 unspecified atom stereocenters. The summed E-state index contributed by atoms with van der Waals surface area (Å²) in [6.07, 6.45) is -3.35. The van der Waals surface area contributed by atoms with Crippen LogP contribution in [0.2, 0.25) is 0 Å². The lowest BCUT2D eigenvalue weighted by Gasteiger charge is -2.18. The summed E-state index contributed by atoms with van der Waals surface area (Å²) in [5.41, 5.74) is 5.26. The second kappa shape index (κ2) is 5.70. The third-order valence-electron chi connectivity index (χ3n) is 3.67. The van der Waals surface area contributed by atoms with Gasteiger partial charge in [0.25, 0.3) is 0 Å². The number of nitrogens with one attached hydrogen (secondary N) is 1. The number of hydrogen-bond donors (Lipinski definition) is 5. The molecule has 11 heteroatoms. The molecule has 6 N–H and O–H groups in total. The Hall–Kier alpha value is -2.34. The van der Waals surface area contributed by atoms with Crippen molar-refractivity contribution in [2.24, 2.45) is 7.05 Å². The van der Waals surface area contributed by atoms with E-state index in [0.717, 1.165) is 0 Å². The van der Waals surface area contributed by atoms with Crippen LogP contribution in [0.25, 0.3) is 11.0 Å². The van der Waals surface area contributed by atoms with Gasteiger partial charge in [-0.05, 0) is 0 Å². The summed E-state index contributed by atoms with van der Waals surface area (Å²) in [6.45, 7) is -0.459. The third kappa shape index (κ3) is 2.49. The van der Waals surface area contributed by atoms with Crippen LogP contribution in [0.15, 0.2) is 11.1 Å². The molecule has 3 heterocycles. The van der Waals surface area contributed by atoms with E-state index in [1.54, 1.807) is 7.05 Å². The van der Waals surface area contributed by atoms with Gasteiger partial charge < -0.3 is 31.1 Å². The maximum atomic E-state index is 12.2. The number of anilines is 2. The van der Waals surface area contributed by atoms with E-state index in [1.165, 1.54) is 11.0 Å². The molecule has 0 radical (unpaired) electrons. The van der Waals surface area contributed by atoms with Crippen molar-refractivity contribution in [3.05, 3.63) is 16.6 Å². The zero-order chi connectivity index (χ0) is 16.7. The summed E-state index contributed by atoms with van der Waals surface area (Å²) in [6, 6.07) is 0. The number of fused-ring (bicyclic) bond motifs is 1. The minimum absolute atomic E-state index is 0.0829. The first-order valence-corrected chi connectivity index (χ1v) is 6.80. The zero-order valence-corrected chi connectivity index (χ0v) is 12.1. The number of nitrogens with two attached hydrogens (primary N) is 1. The lowest BCUT2D eigenvalue weighted by Crippen LogP contribution is -2.37. The number of nitrogens with zero attached hydrogens (tertiary/aromatic N) is 4. The predicted octanol–water partition coefficient (Wildman–Crippen LogP) is -2.84. The van der Waals surface area contributed by atoms with Gasteiger partial charge in [-0.3, -0.25) is 4.79 Å². The van der Waals surface area contributed by atoms with Gasteiger partial charge in [-0.1, -0.05) is 0 Å². The van der Waals surface area contributed by atoms with Gasteiger partial charge in [0.15, 0.2) is 17.7 Å². The molecule has 1 aliphatic rings. The second-order valence-electron chi connectivity index (χ2n) is 5.16. The van der Waals surface area contributed by atoms with Crippen molar-refractivity contribution < 1.29 is 20.1 Å². The van der Waals surface area contributed by atoms with Gasteiger partial charge in [0, 0.05) is 7.05 Å². The summed E-state index contributed by atoms with van der Waals surface area (Å²) in [5.74, 6) is -0.140. The molecule has 0 aromatic carbocycles. The number of ether oxygens (including phenoxy) is 1. The van der Waals surface area contributed by atoms with Gasteiger partial charge >= 0.3 is 0 Å². The number of hydrogen-bond acceptors (Lipinski definition) is 10. The summed E-state index contributed by atoms with van der Waals surface area (Å²) in [4.78, 5) is 20.2. The van der Waals surface area contributed by atoms with Crippen molar-refractivity contribution in [1.29, 1.82) is 0 Å². The molecule has 2 aromatic rings.